The van der Waals surface area contributed by atoms with E-state index in [2.05, 4.69) is 15.6 Å². The molecule has 26 heavy (non-hydrogen) atoms. The van der Waals surface area contributed by atoms with E-state index < -0.39 is 11.6 Å². The molecule has 6 nitrogen and oxygen atoms in total. The van der Waals surface area contributed by atoms with Crippen LogP contribution in [0.25, 0.3) is 0 Å². The van der Waals surface area contributed by atoms with Crippen molar-refractivity contribution >= 4 is 36.0 Å². The Morgan fingerprint density at radius 1 is 1.35 bits per heavy atom. The van der Waals surface area contributed by atoms with E-state index in [1.165, 1.54) is 13.2 Å². The van der Waals surface area contributed by atoms with Crippen molar-refractivity contribution in [2.45, 2.75) is 25.3 Å². The molecule has 0 aromatic heterocycles. The Morgan fingerprint density at radius 3 is 2.65 bits per heavy atom. The number of likely N-dealkylation sites (tertiary alicyclic amines) is 1. The largest absolute Gasteiger partial charge is 0.453 e. The molecule has 2 N–H and O–H groups in total. The second kappa shape index (κ2) is 11.1. The number of rotatable bonds is 4. The lowest BCUT2D eigenvalue weighted by Gasteiger charge is -2.32. The number of amides is 1. The van der Waals surface area contributed by atoms with Crippen LogP contribution in [-0.2, 0) is 11.2 Å². The molecular weight excluding hydrogens is 457 g/mol. The van der Waals surface area contributed by atoms with Gasteiger partial charge in [0.05, 0.1) is 7.11 Å². The average Bonchev–Trinajstić information content (AvgIpc) is 2.63. The highest BCUT2D eigenvalue weighted by atomic mass is 127. The van der Waals surface area contributed by atoms with Gasteiger partial charge in [-0.1, -0.05) is 0 Å². The number of piperidine rings is 1. The fourth-order valence-electron chi connectivity index (χ4n) is 2.77. The molecule has 0 unspecified atom stereocenters. The van der Waals surface area contributed by atoms with E-state index >= 15 is 0 Å². The smallest absolute Gasteiger partial charge is 0.409 e. The summed E-state index contributed by atoms with van der Waals surface area (Å²) < 4.78 is 31.5. The number of nitrogens with one attached hydrogen (secondary N) is 2. The van der Waals surface area contributed by atoms with Gasteiger partial charge in [-0.25, -0.2) is 13.6 Å². The van der Waals surface area contributed by atoms with Crippen molar-refractivity contribution in [1.29, 1.82) is 0 Å². The van der Waals surface area contributed by atoms with Gasteiger partial charge in [0.1, 0.15) is 11.6 Å². The molecule has 9 heteroatoms. The number of methoxy groups -OCH3 is 1. The Balaban J connectivity index is 0.00000338. The standard InChI is InChI=1S/C17H24F2N4O2.HI/c1-20-16(21-8-5-12-11-13(18)3-4-15(12)19)22-14-6-9-23(10-7-14)17(24)25-2;/h3-4,11,14H,5-10H2,1-2H3,(H2,20,21,22);1H. The molecule has 1 aromatic carbocycles. The van der Waals surface area contributed by atoms with Crippen molar-refractivity contribution in [3.63, 3.8) is 0 Å². The van der Waals surface area contributed by atoms with Crippen LogP contribution < -0.4 is 10.6 Å². The van der Waals surface area contributed by atoms with Crippen LogP contribution in [0.5, 0.6) is 0 Å². The Morgan fingerprint density at radius 2 is 2.04 bits per heavy atom. The van der Waals surface area contributed by atoms with Crippen molar-refractivity contribution < 1.29 is 18.3 Å². The summed E-state index contributed by atoms with van der Waals surface area (Å²) in [7, 11) is 3.03. The van der Waals surface area contributed by atoms with Crippen LogP contribution in [0.1, 0.15) is 18.4 Å². The SMILES string of the molecule is CN=C(NCCc1cc(F)ccc1F)NC1CCN(C(=O)OC)CC1.I. The van der Waals surface area contributed by atoms with E-state index in [4.69, 9.17) is 4.74 Å². The Hall–Kier alpha value is -1.65. The Kier molecular flexibility index (Phi) is 9.60. The van der Waals surface area contributed by atoms with Gasteiger partial charge in [0.2, 0.25) is 0 Å². The number of nitrogens with zero attached hydrogens (tertiary/aromatic N) is 2. The average molecular weight is 482 g/mol. The molecule has 1 amide bonds. The first kappa shape index (κ1) is 22.4. The van der Waals surface area contributed by atoms with Gasteiger partial charge >= 0.3 is 6.09 Å². The molecule has 1 saturated heterocycles. The minimum Gasteiger partial charge on any atom is -0.453 e. The number of aliphatic imine (C=N–C) groups is 1. The molecule has 0 spiro atoms. The van der Waals surface area contributed by atoms with E-state index in [9.17, 15) is 13.6 Å². The summed E-state index contributed by atoms with van der Waals surface area (Å²) in [4.78, 5) is 17.3. The lowest BCUT2D eigenvalue weighted by molar-refractivity contribution is 0.111. The number of guanidine groups is 1. The highest BCUT2D eigenvalue weighted by Crippen LogP contribution is 2.12. The molecule has 0 bridgehead atoms. The Bertz CT molecular complexity index is 623. The maximum absolute atomic E-state index is 13.6. The summed E-state index contributed by atoms with van der Waals surface area (Å²) >= 11 is 0. The summed E-state index contributed by atoms with van der Waals surface area (Å²) in [5.74, 6) is -0.258. The molecule has 1 aliphatic rings. The number of ether oxygens (including phenoxy) is 1. The fraction of sp³-hybridized carbons (Fsp3) is 0.529. The topological polar surface area (TPSA) is 66.0 Å². The highest BCUT2D eigenvalue weighted by molar-refractivity contribution is 14.0. The first-order valence-corrected chi connectivity index (χ1v) is 8.27. The van der Waals surface area contributed by atoms with Crippen LogP contribution in [0, 0.1) is 11.6 Å². The van der Waals surface area contributed by atoms with Gasteiger partial charge in [-0.2, -0.15) is 0 Å². The van der Waals surface area contributed by atoms with Crippen molar-refractivity contribution in [2.75, 3.05) is 33.8 Å². The second-order valence-electron chi connectivity index (χ2n) is 5.86. The summed E-state index contributed by atoms with van der Waals surface area (Å²) in [5.41, 5.74) is 0.328. The molecule has 1 aliphatic heterocycles. The predicted octanol–water partition coefficient (Wildman–Crippen LogP) is 2.52. The number of carbonyl (C=O) groups excluding carboxylic acids is 1. The zero-order valence-electron chi connectivity index (χ0n) is 14.9. The zero-order valence-corrected chi connectivity index (χ0v) is 17.3. The minimum atomic E-state index is -0.448. The highest BCUT2D eigenvalue weighted by Gasteiger charge is 2.23. The van der Waals surface area contributed by atoms with Crippen LogP contribution in [0.2, 0.25) is 0 Å². The molecule has 1 aromatic rings. The van der Waals surface area contributed by atoms with Crippen molar-refractivity contribution in [3.05, 3.63) is 35.4 Å². The van der Waals surface area contributed by atoms with Gasteiger partial charge < -0.3 is 20.3 Å². The molecule has 0 saturated carbocycles. The number of hydrogen-bond acceptors (Lipinski definition) is 3. The van der Waals surface area contributed by atoms with Gasteiger partial charge in [-0.3, -0.25) is 4.99 Å². The Labute approximate surface area is 169 Å². The van der Waals surface area contributed by atoms with E-state index in [1.807, 2.05) is 0 Å². The predicted molar refractivity (Wildman–Crippen MR) is 107 cm³/mol. The maximum atomic E-state index is 13.6. The summed E-state index contributed by atoms with van der Waals surface area (Å²) in [6, 6.07) is 3.63. The number of hydrogen-bond donors (Lipinski definition) is 2. The molecule has 1 heterocycles. The van der Waals surface area contributed by atoms with E-state index in [0.29, 0.717) is 37.6 Å². The molecule has 0 atom stereocenters. The minimum absolute atomic E-state index is 0. The zero-order chi connectivity index (χ0) is 18.2. The molecule has 146 valence electrons. The number of halogens is 3. The second-order valence-corrected chi connectivity index (χ2v) is 5.86. The lowest BCUT2D eigenvalue weighted by atomic mass is 10.1. The maximum Gasteiger partial charge on any atom is 0.409 e. The third-order valence-corrected chi connectivity index (χ3v) is 4.19. The van der Waals surface area contributed by atoms with E-state index in [1.54, 1.807) is 11.9 Å². The van der Waals surface area contributed by atoms with Gasteiger partial charge in [0.15, 0.2) is 5.96 Å². The quantitative estimate of drug-likeness (QED) is 0.394. The van der Waals surface area contributed by atoms with Crippen LogP contribution >= 0.6 is 24.0 Å². The molecule has 2 rings (SSSR count). The third-order valence-electron chi connectivity index (χ3n) is 4.19. The molecular formula is C17H25F2IN4O2. The van der Waals surface area contributed by atoms with Gasteiger partial charge in [-0.15, -0.1) is 24.0 Å². The fourth-order valence-corrected chi connectivity index (χ4v) is 2.77. The molecule has 0 radical (unpaired) electrons. The lowest BCUT2D eigenvalue weighted by Crippen LogP contribution is -2.50. The summed E-state index contributed by atoms with van der Waals surface area (Å²) in [6.45, 7) is 1.67. The third kappa shape index (κ3) is 6.58. The monoisotopic (exact) mass is 482 g/mol. The van der Waals surface area contributed by atoms with Crippen molar-refractivity contribution in [2.24, 2.45) is 4.99 Å². The number of carbonyl (C=O) groups is 1. The van der Waals surface area contributed by atoms with Gasteiger partial charge in [0, 0.05) is 32.7 Å². The summed E-state index contributed by atoms with van der Waals surface area (Å²) in [6.07, 6.45) is 1.62. The van der Waals surface area contributed by atoms with Gasteiger partial charge in [-0.05, 0) is 43.0 Å². The van der Waals surface area contributed by atoms with Crippen LogP contribution in [-0.4, -0.2) is 56.8 Å². The van der Waals surface area contributed by atoms with Crippen LogP contribution in [0.4, 0.5) is 13.6 Å². The summed E-state index contributed by atoms with van der Waals surface area (Å²) in [5, 5.41) is 6.39. The first-order valence-electron chi connectivity index (χ1n) is 8.27. The van der Waals surface area contributed by atoms with Gasteiger partial charge in [0.25, 0.3) is 0 Å². The molecule has 1 fully saturated rings. The normalized spacial score (nSPS) is 15.2. The van der Waals surface area contributed by atoms with Crippen molar-refractivity contribution in [1.82, 2.24) is 15.5 Å². The number of benzene rings is 1. The first-order chi connectivity index (χ1) is 12.0. The molecule has 0 aliphatic carbocycles. The van der Waals surface area contributed by atoms with Crippen molar-refractivity contribution in [3.8, 4) is 0 Å². The van der Waals surface area contributed by atoms with E-state index in [0.717, 1.165) is 25.0 Å². The van der Waals surface area contributed by atoms with Crippen LogP contribution in [0.15, 0.2) is 23.2 Å². The van der Waals surface area contributed by atoms with E-state index in [-0.39, 0.29) is 36.1 Å². The van der Waals surface area contributed by atoms with Crippen LogP contribution in [0.3, 0.4) is 0 Å².